The molecule has 0 spiro atoms. The van der Waals surface area contributed by atoms with Crippen LogP contribution in [0, 0.1) is 0 Å². The molecule has 0 nitrogen and oxygen atoms in total. The van der Waals surface area contributed by atoms with Crippen LogP contribution >= 0.6 is 0 Å². The zero-order valence-electron chi connectivity index (χ0n) is 48.8. The first-order chi connectivity index (χ1) is 38.2. The number of fused-ring (bicyclic) bond motifs is 7. The minimum Gasteiger partial charge on any atom is -0.0622 e. The standard InChI is InChI=1S/C80H72/c1-77(2,3)56-40-54(41-57(45-56)78(4,5)6)70-73-62-39-27-38-61-60-37-26-25-36-53(60)44-67(72(61)62)74(73)71(55-42-58(79(7,8)9)46-59(43-55)80(10,11)12)76-69(52-34-23-16-24-35-52)66-48-64(50-30-19-14-20-31-50)63(49-28-17-13-18-29-49)47-65(66)68(75(70)76)51-32-21-15-22-33-51/h13-48H,1-12H3. The second kappa shape index (κ2) is 18.6. The summed E-state index contributed by atoms with van der Waals surface area (Å²) in [6.45, 7) is 28.6. The molecule has 392 valence electrons. The first-order valence-corrected chi connectivity index (χ1v) is 28.9. The van der Waals surface area contributed by atoms with Crippen molar-refractivity contribution in [1.29, 1.82) is 0 Å². The number of hydrogen-bond donors (Lipinski definition) is 0. The molecular formula is C80H72. The van der Waals surface area contributed by atoms with E-state index in [9.17, 15) is 0 Å². The predicted octanol–water partition coefficient (Wildman–Crippen LogP) is 23.1. The van der Waals surface area contributed by atoms with Crippen molar-refractivity contribution in [2.24, 2.45) is 0 Å². The highest BCUT2D eigenvalue weighted by Gasteiger charge is 2.37. The zero-order chi connectivity index (χ0) is 55.6. The maximum Gasteiger partial charge on any atom is -0.000115 e. The van der Waals surface area contributed by atoms with Crippen LogP contribution in [0.5, 0.6) is 0 Å². The minimum atomic E-state index is -0.132. The Labute approximate surface area is 474 Å². The predicted molar refractivity (Wildman–Crippen MR) is 348 cm³/mol. The van der Waals surface area contributed by atoms with Crippen molar-refractivity contribution in [2.75, 3.05) is 0 Å². The van der Waals surface area contributed by atoms with Crippen molar-refractivity contribution in [3.05, 3.63) is 241 Å². The Morgan fingerprint density at radius 3 is 0.950 bits per heavy atom. The van der Waals surface area contributed by atoms with Gasteiger partial charge in [0, 0.05) is 0 Å². The second-order valence-corrected chi connectivity index (χ2v) is 26.9. The van der Waals surface area contributed by atoms with Gasteiger partial charge in [-0.25, -0.2) is 0 Å². The van der Waals surface area contributed by atoms with Gasteiger partial charge in [0.15, 0.2) is 0 Å². The molecule has 13 rings (SSSR count). The number of benzene rings is 12. The first kappa shape index (κ1) is 51.1. The Bertz CT molecular complexity index is 4370. The van der Waals surface area contributed by atoms with E-state index in [-0.39, 0.29) is 21.7 Å². The Hall–Kier alpha value is -8.32. The van der Waals surface area contributed by atoms with Gasteiger partial charge >= 0.3 is 0 Å². The SMILES string of the molecule is CC(C)(C)c1cc(-c2c3c(c(-c4cc(C(C)(C)C)cc(C(C)(C)C)c4)c4c(-c5ccccc5)c5cc(-c6ccccc6)c(-c6ccccc6)cc5c(-c5ccccc5)c24)-c2cc4ccccc4c4cccc-3c24)cc(C(C)(C)C)c1. The van der Waals surface area contributed by atoms with Gasteiger partial charge in [-0.2, -0.15) is 0 Å². The summed E-state index contributed by atoms with van der Waals surface area (Å²) >= 11 is 0. The lowest BCUT2D eigenvalue weighted by Crippen LogP contribution is -2.17. The summed E-state index contributed by atoms with van der Waals surface area (Å²) < 4.78 is 0. The van der Waals surface area contributed by atoms with Crippen LogP contribution in [-0.4, -0.2) is 0 Å². The molecule has 12 aromatic carbocycles. The van der Waals surface area contributed by atoms with Crippen LogP contribution in [-0.2, 0) is 21.7 Å². The molecule has 80 heavy (non-hydrogen) atoms. The molecule has 0 aliphatic heterocycles. The Balaban J connectivity index is 1.42. The fourth-order valence-electron chi connectivity index (χ4n) is 13.0. The first-order valence-electron chi connectivity index (χ1n) is 28.9. The van der Waals surface area contributed by atoms with Gasteiger partial charge in [-0.3, -0.25) is 0 Å². The van der Waals surface area contributed by atoms with Crippen LogP contribution < -0.4 is 0 Å². The van der Waals surface area contributed by atoms with Crippen molar-refractivity contribution < 1.29 is 0 Å². The van der Waals surface area contributed by atoms with Gasteiger partial charge in [-0.1, -0.05) is 283 Å². The molecule has 0 amide bonds. The quantitative estimate of drug-likeness (QED) is 0.115. The third-order valence-corrected chi connectivity index (χ3v) is 17.3. The molecule has 0 fully saturated rings. The highest BCUT2D eigenvalue weighted by Crippen LogP contribution is 2.63. The summed E-state index contributed by atoms with van der Waals surface area (Å²) in [6.07, 6.45) is 0. The van der Waals surface area contributed by atoms with E-state index in [0.29, 0.717) is 0 Å². The van der Waals surface area contributed by atoms with Crippen LogP contribution in [0.15, 0.2) is 218 Å². The molecule has 0 saturated carbocycles. The van der Waals surface area contributed by atoms with E-state index in [0.717, 1.165) is 0 Å². The fourth-order valence-corrected chi connectivity index (χ4v) is 13.0. The molecule has 0 atom stereocenters. The van der Waals surface area contributed by atoms with Gasteiger partial charge < -0.3 is 0 Å². The van der Waals surface area contributed by atoms with Crippen molar-refractivity contribution in [3.63, 3.8) is 0 Å². The zero-order valence-corrected chi connectivity index (χ0v) is 48.8. The Morgan fingerprint density at radius 2 is 0.550 bits per heavy atom. The average Bonchev–Trinajstić information content (AvgIpc) is 1.85. The molecule has 1 aliphatic carbocycles. The maximum atomic E-state index is 2.57. The van der Waals surface area contributed by atoms with Gasteiger partial charge in [0.1, 0.15) is 0 Å². The van der Waals surface area contributed by atoms with Gasteiger partial charge in [0.2, 0.25) is 0 Å². The van der Waals surface area contributed by atoms with Crippen molar-refractivity contribution in [1.82, 2.24) is 0 Å². The van der Waals surface area contributed by atoms with E-state index >= 15 is 0 Å². The summed E-state index contributed by atoms with van der Waals surface area (Å²) in [7, 11) is 0. The molecule has 0 radical (unpaired) electrons. The van der Waals surface area contributed by atoms with E-state index in [2.05, 4.69) is 301 Å². The van der Waals surface area contributed by atoms with E-state index in [1.807, 2.05) is 0 Å². The summed E-state index contributed by atoms with van der Waals surface area (Å²) in [5.41, 5.74) is 24.8. The van der Waals surface area contributed by atoms with E-state index in [4.69, 9.17) is 0 Å². The molecule has 0 N–H and O–H groups in total. The highest BCUT2D eigenvalue weighted by atomic mass is 14.4. The normalized spacial score (nSPS) is 12.8. The molecule has 1 aliphatic rings. The highest BCUT2D eigenvalue weighted by molar-refractivity contribution is 6.37. The van der Waals surface area contributed by atoms with Gasteiger partial charge in [0.05, 0.1) is 0 Å². The van der Waals surface area contributed by atoms with Crippen LogP contribution in [0.3, 0.4) is 0 Å². The second-order valence-electron chi connectivity index (χ2n) is 26.9. The van der Waals surface area contributed by atoms with Gasteiger partial charge in [0.25, 0.3) is 0 Å². The average molecular weight is 1030 g/mol. The van der Waals surface area contributed by atoms with Crippen LogP contribution in [0.2, 0.25) is 0 Å². The van der Waals surface area contributed by atoms with Crippen molar-refractivity contribution >= 4 is 43.1 Å². The van der Waals surface area contributed by atoms with Crippen LogP contribution in [0.4, 0.5) is 0 Å². The molecular weight excluding hydrogens is 961 g/mol. The topological polar surface area (TPSA) is 0 Å². The van der Waals surface area contributed by atoms with Crippen molar-refractivity contribution in [3.8, 4) is 89.0 Å². The van der Waals surface area contributed by atoms with E-state index in [1.54, 1.807) is 0 Å². The summed E-state index contributed by atoms with van der Waals surface area (Å²) in [4.78, 5) is 0. The maximum absolute atomic E-state index is 2.57. The largest absolute Gasteiger partial charge is 0.0622 e. The summed E-state index contributed by atoms with van der Waals surface area (Å²) in [5, 5.41) is 10.2. The summed E-state index contributed by atoms with van der Waals surface area (Å²) in [6, 6.07) is 84.1. The summed E-state index contributed by atoms with van der Waals surface area (Å²) in [5.74, 6) is 0. The molecule has 0 unspecified atom stereocenters. The third kappa shape index (κ3) is 8.50. The third-order valence-electron chi connectivity index (χ3n) is 17.3. The monoisotopic (exact) mass is 1030 g/mol. The fraction of sp³-hybridized carbons (Fsp3) is 0.200. The lowest BCUT2D eigenvalue weighted by Gasteiger charge is -2.31. The van der Waals surface area contributed by atoms with Gasteiger partial charge in [-0.05, 0) is 194 Å². The van der Waals surface area contributed by atoms with Crippen molar-refractivity contribution in [2.45, 2.75) is 105 Å². The molecule has 0 aromatic heterocycles. The van der Waals surface area contributed by atoms with E-state index < -0.39 is 0 Å². The number of hydrogen-bond acceptors (Lipinski definition) is 0. The smallest absolute Gasteiger partial charge is 0.000115 e. The van der Waals surface area contributed by atoms with Crippen LogP contribution in [0.25, 0.3) is 132 Å². The Morgan fingerprint density at radius 1 is 0.200 bits per heavy atom. The molecule has 0 heterocycles. The lowest BCUT2D eigenvalue weighted by atomic mass is 9.72. The molecule has 0 saturated heterocycles. The molecule has 0 bridgehead atoms. The lowest BCUT2D eigenvalue weighted by molar-refractivity contribution is 0.568. The molecule has 0 heteroatoms. The molecule has 12 aromatic rings. The Kier molecular flexibility index (Phi) is 11.9. The number of rotatable bonds is 6. The minimum absolute atomic E-state index is 0.130. The van der Waals surface area contributed by atoms with Crippen LogP contribution in [0.1, 0.15) is 105 Å². The van der Waals surface area contributed by atoms with Gasteiger partial charge in [-0.15, -0.1) is 0 Å². The van der Waals surface area contributed by atoms with E-state index in [1.165, 1.54) is 154 Å².